The van der Waals surface area contributed by atoms with E-state index in [2.05, 4.69) is 36.4 Å². The average Bonchev–Trinajstić information content (AvgIpc) is 2.21. The minimum Gasteiger partial charge on any atom is -0.489 e. The van der Waals surface area contributed by atoms with Gasteiger partial charge in [-0.05, 0) is 71.9 Å². The fourth-order valence-electron chi connectivity index (χ4n) is 2.76. The number of anilines is 1. The summed E-state index contributed by atoms with van der Waals surface area (Å²) in [5.41, 5.74) is 6.54. The van der Waals surface area contributed by atoms with Crippen LogP contribution in [-0.2, 0) is 0 Å². The number of hydrogen-bond donors (Lipinski definition) is 1. The van der Waals surface area contributed by atoms with Crippen LogP contribution in [0.1, 0.15) is 33.1 Å². The van der Waals surface area contributed by atoms with Gasteiger partial charge in [0.1, 0.15) is 5.75 Å². The van der Waals surface area contributed by atoms with Gasteiger partial charge in [-0.2, -0.15) is 0 Å². The maximum absolute atomic E-state index is 6.12. The maximum Gasteiger partial charge on any atom is 0.133 e. The van der Waals surface area contributed by atoms with Crippen LogP contribution in [0.4, 0.5) is 5.69 Å². The van der Waals surface area contributed by atoms with Crippen molar-refractivity contribution in [2.75, 3.05) is 5.73 Å². The van der Waals surface area contributed by atoms with Crippen LogP contribution in [0.5, 0.6) is 5.75 Å². The topological polar surface area (TPSA) is 35.2 Å². The Morgan fingerprint density at radius 3 is 2.41 bits per heavy atom. The first-order valence-electron chi connectivity index (χ1n) is 6.26. The highest BCUT2D eigenvalue weighted by Gasteiger charge is 2.25. The smallest absolute Gasteiger partial charge is 0.133 e. The summed E-state index contributed by atoms with van der Waals surface area (Å²) in [5.74, 6) is 2.52. The van der Waals surface area contributed by atoms with Crippen molar-refractivity contribution >= 4 is 28.3 Å². The molecule has 1 saturated carbocycles. The molecule has 0 spiro atoms. The number of nitrogen functional groups attached to an aromatic ring is 1. The lowest BCUT2D eigenvalue weighted by Crippen LogP contribution is -2.28. The standard InChI is InChI=1S/C14H20INO/c1-9-5-10(2)7-12(6-9)17-14-4-3-11(16)8-13(14)15/h3-4,8-10,12H,5-7,16H2,1-2H3. The third-order valence-corrected chi connectivity index (χ3v) is 4.23. The number of benzene rings is 1. The van der Waals surface area contributed by atoms with Crippen LogP contribution in [0.25, 0.3) is 0 Å². The van der Waals surface area contributed by atoms with Crippen molar-refractivity contribution < 1.29 is 4.74 Å². The molecule has 0 heterocycles. The summed E-state index contributed by atoms with van der Waals surface area (Å²) in [5, 5.41) is 0. The van der Waals surface area contributed by atoms with Crippen LogP contribution in [0.2, 0.25) is 0 Å². The van der Waals surface area contributed by atoms with Crippen LogP contribution in [0.3, 0.4) is 0 Å². The van der Waals surface area contributed by atoms with Crippen LogP contribution >= 0.6 is 22.6 Å². The number of nitrogens with two attached hydrogens (primary N) is 1. The zero-order valence-corrected chi connectivity index (χ0v) is 12.6. The number of ether oxygens (including phenoxy) is 1. The van der Waals surface area contributed by atoms with Crippen molar-refractivity contribution in [1.29, 1.82) is 0 Å². The molecule has 0 bridgehead atoms. The molecule has 2 nitrogen and oxygen atoms in total. The van der Waals surface area contributed by atoms with Gasteiger partial charge in [0.05, 0.1) is 9.67 Å². The van der Waals surface area contributed by atoms with E-state index in [1.165, 1.54) is 19.3 Å². The zero-order chi connectivity index (χ0) is 12.4. The molecule has 2 rings (SSSR count). The van der Waals surface area contributed by atoms with E-state index < -0.39 is 0 Å². The predicted molar refractivity (Wildman–Crippen MR) is 80.2 cm³/mol. The SMILES string of the molecule is CC1CC(C)CC(Oc2ccc(N)cc2I)C1. The van der Waals surface area contributed by atoms with Crippen molar-refractivity contribution in [1.82, 2.24) is 0 Å². The van der Waals surface area contributed by atoms with E-state index in [0.29, 0.717) is 6.10 Å². The van der Waals surface area contributed by atoms with Crippen LogP contribution in [-0.4, -0.2) is 6.10 Å². The Hall–Kier alpha value is -0.450. The Bertz CT molecular complexity index is 384. The number of hydrogen-bond acceptors (Lipinski definition) is 2. The Balaban J connectivity index is 2.04. The Labute approximate surface area is 117 Å². The second kappa shape index (κ2) is 5.46. The zero-order valence-electron chi connectivity index (χ0n) is 10.4. The first-order valence-corrected chi connectivity index (χ1v) is 7.34. The molecule has 2 N–H and O–H groups in total. The highest BCUT2D eigenvalue weighted by atomic mass is 127. The molecular formula is C14H20INO. The first-order chi connectivity index (χ1) is 8.04. The molecule has 0 amide bonds. The lowest BCUT2D eigenvalue weighted by atomic mass is 9.82. The van der Waals surface area contributed by atoms with Gasteiger partial charge in [-0.15, -0.1) is 0 Å². The quantitative estimate of drug-likeness (QED) is 0.648. The van der Waals surface area contributed by atoms with Crippen LogP contribution in [0.15, 0.2) is 18.2 Å². The van der Waals surface area contributed by atoms with Crippen molar-refractivity contribution in [2.24, 2.45) is 11.8 Å². The third-order valence-electron chi connectivity index (χ3n) is 3.38. The van der Waals surface area contributed by atoms with Gasteiger partial charge >= 0.3 is 0 Å². The van der Waals surface area contributed by atoms with Gasteiger partial charge in [-0.1, -0.05) is 13.8 Å². The largest absolute Gasteiger partial charge is 0.489 e. The molecule has 1 aliphatic rings. The van der Waals surface area contributed by atoms with Gasteiger partial charge in [-0.3, -0.25) is 0 Å². The van der Waals surface area contributed by atoms with Crippen LogP contribution < -0.4 is 10.5 Å². The van der Waals surface area contributed by atoms with Crippen molar-refractivity contribution in [3.8, 4) is 5.75 Å². The molecule has 17 heavy (non-hydrogen) atoms. The lowest BCUT2D eigenvalue weighted by Gasteiger charge is -2.32. The molecule has 2 atom stereocenters. The van der Waals surface area contributed by atoms with E-state index in [-0.39, 0.29) is 0 Å². The fraction of sp³-hybridized carbons (Fsp3) is 0.571. The van der Waals surface area contributed by atoms with E-state index >= 15 is 0 Å². The van der Waals surface area contributed by atoms with Crippen molar-refractivity contribution in [3.63, 3.8) is 0 Å². The Morgan fingerprint density at radius 1 is 1.18 bits per heavy atom. The molecule has 94 valence electrons. The molecule has 1 aromatic carbocycles. The highest BCUT2D eigenvalue weighted by Crippen LogP contribution is 2.33. The van der Waals surface area contributed by atoms with Gasteiger partial charge in [0, 0.05) is 5.69 Å². The molecule has 0 aliphatic heterocycles. The summed E-state index contributed by atoms with van der Waals surface area (Å²) in [7, 11) is 0. The van der Waals surface area contributed by atoms with E-state index in [0.717, 1.165) is 26.8 Å². The molecular weight excluding hydrogens is 325 g/mol. The Morgan fingerprint density at radius 2 is 1.82 bits per heavy atom. The minimum atomic E-state index is 0.367. The molecule has 1 fully saturated rings. The van der Waals surface area contributed by atoms with Gasteiger partial charge in [0.2, 0.25) is 0 Å². The fourth-order valence-corrected chi connectivity index (χ4v) is 3.43. The van der Waals surface area contributed by atoms with Crippen LogP contribution in [0, 0.1) is 15.4 Å². The number of rotatable bonds is 2. The van der Waals surface area contributed by atoms with Gasteiger partial charge in [0.15, 0.2) is 0 Å². The molecule has 0 aromatic heterocycles. The summed E-state index contributed by atoms with van der Waals surface area (Å²) < 4.78 is 7.22. The highest BCUT2D eigenvalue weighted by molar-refractivity contribution is 14.1. The monoisotopic (exact) mass is 345 g/mol. The summed E-state index contributed by atoms with van der Waals surface area (Å²) in [6, 6.07) is 5.86. The summed E-state index contributed by atoms with van der Waals surface area (Å²) >= 11 is 2.29. The summed E-state index contributed by atoms with van der Waals surface area (Å²) in [6.45, 7) is 4.64. The van der Waals surface area contributed by atoms with E-state index in [1.54, 1.807) is 0 Å². The van der Waals surface area contributed by atoms with Crippen molar-refractivity contribution in [2.45, 2.75) is 39.2 Å². The van der Waals surface area contributed by atoms with Crippen molar-refractivity contribution in [3.05, 3.63) is 21.8 Å². The molecule has 3 heteroatoms. The van der Waals surface area contributed by atoms with Gasteiger partial charge in [0.25, 0.3) is 0 Å². The van der Waals surface area contributed by atoms with Gasteiger partial charge in [-0.25, -0.2) is 0 Å². The van der Waals surface area contributed by atoms with Gasteiger partial charge < -0.3 is 10.5 Å². The molecule has 2 unspecified atom stereocenters. The first kappa shape index (κ1) is 13.0. The molecule has 1 aromatic rings. The minimum absolute atomic E-state index is 0.367. The number of halogens is 1. The molecule has 0 saturated heterocycles. The van der Waals surface area contributed by atoms with E-state index in [9.17, 15) is 0 Å². The average molecular weight is 345 g/mol. The normalized spacial score (nSPS) is 29.0. The lowest BCUT2D eigenvalue weighted by molar-refractivity contribution is 0.100. The Kier molecular flexibility index (Phi) is 4.17. The summed E-state index contributed by atoms with van der Waals surface area (Å²) in [4.78, 5) is 0. The summed E-state index contributed by atoms with van der Waals surface area (Å²) in [6.07, 6.45) is 4.04. The van der Waals surface area contributed by atoms with E-state index in [1.807, 2.05) is 18.2 Å². The predicted octanol–water partition coefficient (Wildman–Crippen LogP) is 4.08. The van der Waals surface area contributed by atoms with E-state index in [4.69, 9.17) is 10.5 Å². The maximum atomic E-state index is 6.12. The second-order valence-corrected chi connectivity index (χ2v) is 6.51. The second-order valence-electron chi connectivity index (χ2n) is 5.35. The molecule has 0 radical (unpaired) electrons. The molecule has 1 aliphatic carbocycles. The third kappa shape index (κ3) is 3.50.